The van der Waals surface area contributed by atoms with E-state index in [0.29, 0.717) is 18.5 Å². The number of carbonyl (C=O) groups excluding carboxylic acids is 1. The van der Waals surface area contributed by atoms with Crippen LogP contribution in [0.2, 0.25) is 0 Å². The van der Waals surface area contributed by atoms with Crippen LogP contribution in [-0.4, -0.2) is 68.9 Å². The van der Waals surface area contributed by atoms with Crippen molar-refractivity contribution in [2.45, 2.75) is 63.6 Å². The second kappa shape index (κ2) is 10.1. The van der Waals surface area contributed by atoms with Crippen molar-refractivity contribution in [2.75, 3.05) is 26.3 Å². The molecule has 1 amide bonds. The van der Waals surface area contributed by atoms with E-state index >= 15 is 0 Å². The van der Waals surface area contributed by atoms with Crippen LogP contribution in [0.25, 0.3) is 11.3 Å². The Labute approximate surface area is 178 Å². The van der Waals surface area contributed by atoms with E-state index in [1.807, 2.05) is 12.3 Å². The molecule has 3 heterocycles. The van der Waals surface area contributed by atoms with Gasteiger partial charge in [-0.2, -0.15) is 5.10 Å². The van der Waals surface area contributed by atoms with Gasteiger partial charge in [-0.05, 0) is 45.1 Å². The molecule has 1 aliphatic carbocycles. The van der Waals surface area contributed by atoms with Crippen molar-refractivity contribution >= 4 is 5.91 Å². The molecule has 0 aromatic carbocycles. The molecule has 1 aliphatic heterocycles. The zero-order chi connectivity index (χ0) is 20.8. The second-order valence-corrected chi connectivity index (χ2v) is 8.41. The Morgan fingerprint density at radius 2 is 2.07 bits per heavy atom. The van der Waals surface area contributed by atoms with E-state index in [9.17, 15) is 4.79 Å². The molecule has 4 rings (SSSR count). The predicted octanol–water partition coefficient (Wildman–Crippen LogP) is 2.44. The van der Waals surface area contributed by atoms with Gasteiger partial charge in [0, 0.05) is 49.6 Å². The smallest absolute Gasteiger partial charge is 0.220 e. The third-order valence-corrected chi connectivity index (χ3v) is 6.37. The van der Waals surface area contributed by atoms with Gasteiger partial charge in [0.15, 0.2) is 0 Å². The van der Waals surface area contributed by atoms with Crippen LogP contribution in [-0.2, 0) is 9.53 Å². The molecule has 2 aliphatic rings. The van der Waals surface area contributed by atoms with Crippen molar-refractivity contribution in [3.05, 3.63) is 31.0 Å². The molecule has 2 aromatic rings. The van der Waals surface area contributed by atoms with Crippen LogP contribution >= 0.6 is 0 Å². The summed E-state index contributed by atoms with van der Waals surface area (Å²) in [6.45, 7) is 5.76. The van der Waals surface area contributed by atoms with Crippen LogP contribution in [0.5, 0.6) is 0 Å². The highest BCUT2D eigenvalue weighted by atomic mass is 16.5. The van der Waals surface area contributed by atoms with Crippen LogP contribution in [0.3, 0.4) is 0 Å². The highest BCUT2D eigenvalue weighted by Crippen LogP contribution is 2.29. The zero-order valence-electron chi connectivity index (χ0n) is 17.7. The Hall–Kier alpha value is -2.32. The normalized spacial score (nSPS) is 23.8. The molecule has 1 unspecified atom stereocenters. The van der Waals surface area contributed by atoms with Crippen molar-refractivity contribution in [1.82, 2.24) is 30.0 Å². The van der Waals surface area contributed by atoms with Gasteiger partial charge in [0.25, 0.3) is 0 Å². The summed E-state index contributed by atoms with van der Waals surface area (Å²) < 4.78 is 7.46. The van der Waals surface area contributed by atoms with E-state index in [0.717, 1.165) is 69.7 Å². The first kappa shape index (κ1) is 20.9. The summed E-state index contributed by atoms with van der Waals surface area (Å²) in [7, 11) is 0. The fourth-order valence-electron chi connectivity index (χ4n) is 4.46. The number of hydrogen-bond donors (Lipinski definition) is 1. The van der Waals surface area contributed by atoms with Crippen molar-refractivity contribution in [1.29, 1.82) is 0 Å². The van der Waals surface area contributed by atoms with Crippen molar-refractivity contribution in [3.8, 4) is 11.3 Å². The molecule has 0 spiro atoms. The lowest BCUT2D eigenvalue weighted by atomic mass is 9.91. The van der Waals surface area contributed by atoms with Gasteiger partial charge in [0.2, 0.25) is 5.91 Å². The summed E-state index contributed by atoms with van der Waals surface area (Å²) in [6.07, 6.45) is 12.8. The van der Waals surface area contributed by atoms with Gasteiger partial charge >= 0.3 is 0 Å². The number of rotatable bonds is 7. The van der Waals surface area contributed by atoms with Crippen LogP contribution in [0.4, 0.5) is 0 Å². The minimum Gasteiger partial charge on any atom is -0.379 e. The summed E-state index contributed by atoms with van der Waals surface area (Å²) >= 11 is 0. The van der Waals surface area contributed by atoms with E-state index in [1.54, 1.807) is 12.5 Å². The predicted molar refractivity (Wildman–Crippen MR) is 114 cm³/mol. The number of nitrogens with one attached hydrogen (secondary N) is 1. The topological polar surface area (TPSA) is 85.2 Å². The molecular formula is C22H32N6O2. The highest BCUT2D eigenvalue weighted by Gasteiger charge is 2.25. The van der Waals surface area contributed by atoms with Crippen LogP contribution in [0.1, 0.15) is 51.5 Å². The van der Waals surface area contributed by atoms with Crippen LogP contribution in [0.15, 0.2) is 31.0 Å². The van der Waals surface area contributed by atoms with Gasteiger partial charge in [-0.25, -0.2) is 9.97 Å². The number of ether oxygens (including phenoxy) is 1. The van der Waals surface area contributed by atoms with E-state index in [1.165, 1.54) is 0 Å². The lowest BCUT2D eigenvalue weighted by Gasteiger charge is -2.32. The molecule has 8 heteroatoms. The standard InChI is InChI=1S/C22H32N6O2/c1-17(27-10-12-30-13-11-27)2-7-22(29)26-19-3-5-20(6-4-19)28-15-18(14-25-28)21-8-9-23-16-24-21/h8-9,14-17,19-20H,2-7,10-13H2,1H3,(H,26,29). The summed E-state index contributed by atoms with van der Waals surface area (Å²) in [4.78, 5) is 23.1. The van der Waals surface area contributed by atoms with Gasteiger partial charge in [0.1, 0.15) is 6.33 Å². The first-order valence-corrected chi connectivity index (χ1v) is 11.1. The number of hydrogen-bond acceptors (Lipinski definition) is 6. The summed E-state index contributed by atoms with van der Waals surface area (Å²) in [5, 5.41) is 7.80. The van der Waals surface area contributed by atoms with Crippen LogP contribution in [0, 0.1) is 0 Å². The van der Waals surface area contributed by atoms with Gasteiger partial charge in [-0.3, -0.25) is 14.4 Å². The Bertz CT molecular complexity index is 797. The van der Waals surface area contributed by atoms with Crippen molar-refractivity contribution < 1.29 is 9.53 Å². The lowest BCUT2D eigenvalue weighted by Crippen LogP contribution is -2.43. The lowest BCUT2D eigenvalue weighted by molar-refractivity contribution is -0.122. The Morgan fingerprint density at radius 3 is 2.80 bits per heavy atom. The number of amides is 1. The Morgan fingerprint density at radius 1 is 1.27 bits per heavy atom. The average Bonchev–Trinajstić information content (AvgIpc) is 3.29. The van der Waals surface area contributed by atoms with E-state index in [2.05, 4.69) is 43.1 Å². The first-order chi connectivity index (χ1) is 14.7. The monoisotopic (exact) mass is 412 g/mol. The molecule has 1 saturated heterocycles. The minimum absolute atomic E-state index is 0.184. The van der Waals surface area contributed by atoms with Crippen molar-refractivity contribution in [3.63, 3.8) is 0 Å². The average molecular weight is 413 g/mol. The second-order valence-electron chi connectivity index (χ2n) is 8.41. The molecule has 2 fully saturated rings. The summed E-state index contributed by atoms with van der Waals surface area (Å²) in [5.41, 5.74) is 1.91. The maximum absolute atomic E-state index is 12.4. The third kappa shape index (κ3) is 5.43. The molecule has 162 valence electrons. The largest absolute Gasteiger partial charge is 0.379 e. The van der Waals surface area contributed by atoms with Gasteiger partial charge < -0.3 is 10.1 Å². The van der Waals surface area contributed by atoms with Crippen molar-refractivity contribution in [2.24, 2.45) is 0 Å². The molecule has 2 aromatic heterocycles. The Kier molecular flexibility index (Phi) is 7.07. The van der Waals surface area contributed by atoms with Gasteiger partial charge in [0.05, 0.1) is 31.1 Å². The van der Waals surface area contributed by atoms with E-state index < -0.39 is 0 Å². The first-order valence-electron chi connectivity index (χ1n) is 11.1. The third-order valence-electron chi connectivity index (χ3n) is 6.37. The molecular weight excluding hydrogens is 380 g/mol. The minimum atomic E-state index is 0.184. The maximum atomic E-state index is 12.4. The van der Waals surface area contributed by atoms with E-state index in [-0.39, 0.29) is 11.9 Å². The SMILES string of the molecule is CC(CCC(=O)NC1CCC(n2cc(-c3ccncn3)cn2)CC1)N1CCOCC1. The zero-order valence-corrected chi connectivity index (χ0v) is 17.7. The Balaban J connectivity index is 1.19. The number of carbonyl (C=O) groups is 1. The molecule has 30 heavy (non-hydrogen) atoms. The molecule has 0 radical (unpaired) electrons. The fraction of sp³-hybridized carbons (Fsp3) is 0.636. The summed E-state index contributed by atoms with van der Waals surface area (Å²) in [5.74, 6) is 0.184. The number of morpholine rings is 1. The van der Waals surface area contributed by atoms with Gasteiger partial charge in [-0.15, -0.1) is 0 Å². The molecule has 8 nitrogen and oxygen atoms in total. The molecule has 0 bridgehead atoms. The van der Waals surface area contributed by atoms with E-state index in [4.69, 9.17) is 4.74 Å². The molecule has 1 N–H and O–H groups in total. The summed E-state index contributed by atoms with van der Waals surface area (Å²) in [6, 6.07) is 2.99. The van der Waals surface area contributed by atoms with Crippen LogP contribution < -0.4 is 5.32 Å². The number of aromatic nitrogens is 4. The quantitative estimate of drug-likeness (QED) is 0.752. The molecule has 1 saturated carbocycles. The highest BCUT2D eigenvalue weighted by molar-refractivity contribution is 5.76. The van der Waals surface area contributed by atoms with Gasteiger partial charge in [-0.1, -0.05) is 0 Å². The fourth-order valence-corrected chi connectivity index (χ4v) is 4.46. The maximum Gasteiger partial charge on any atom is 0.220 e. The number of nitrogens with zero attached hydrogens (tertiary/aromatic N) is 5. The molecule has 1 atom stereocenters.